The lowest BCUT2D eigenvalue weighted by Crippen LogP contribution is -2.39. The van der Waals surface area contributed by atoms with E-state index in [-0.39, 0.29) is 12.5 Å². The van der Waals surface area contributed by atoms with Crippen LogP contribution in [0, 0.1) is 0 Å². The Morgan fingerprint density at radius 3 is 2.72 bits per heavy atom. The fourth-order valence-corrected chi connectivity index (χ4v) is 1.63. The number of halogens is 1. The Kier molecular flexibility index (Phi) is 6.21. The molecular weight excluding hydrogens is 298 g/mol. The predicted octanol–water partition coefficient (Wildman–Crippen LogP) is 2.10. The van der Waals surface area contributed by atoms with E-state index in [1.54, 1.807) is 12.1 Å². The van der Waals surface area contributed by atoms with Crippen molar-refractivity contribution in [2.75, 3.05) is 18.4 Å². The lowest BCUT2D eigenvalue weighted by atomic mass is 10.3. The van der Waals surface area contributed by atoms with Crippen LogP contribution in [0.3, 0.4) is 0 Å². The van der Waals surface area contributed by atoms with Crippen molar-refractivity contribution < 1.29 is 9.59 Å². The SMILES string of the molecule is CCCNC(=O)CNC(=O)Nc1cccc(Br)c1. The third-order valence-electron chi connectivity index (χ3n) is 2.06. The van der Waals surface area contributed by atoms with E-state index in [4.69, 9.17) is 0 Å². The zero-order chi connectivity index (χ0) is 13.4. The van der Waals surface area contributed by atoms with E-state index in [0.717, 1.165) is 10.9 Å². The Hall–Kier alpha value is -1.56. The van der Waals surface area contributed by atoms with Gasteiger partial charge in [-0.05, 0) is 24.6 Å². The summed E-state index contributed by atoms with van der Waals surface area (Å²) in [6.07, 6.45) is 0.871. The van der Waals surface area contributed by atoms with Crippen LogP contribution in [-0.2, 0) is 4.79 Å². The van der Waals surface area contributed by atoms with Crippen LogP contribution in [0.4, 0.5) is 10.5 Å². The minimum absolute atomic E-state index is 0.0279. The Bertz CT molecular complexity index is 424. The summed E-state index contributed by atoms with van der Waals surface area (Å²) in [4.78, 5) is 22.7. The Morgan fingerprint density at radius 1 is 1.28 bits per heavy atom. The summed E-state index contributed by atoms with van der Waals surface area (Å²) in [7, 11) is 0. The molecule has 5 nitrogen and oxygen atoms in total. The van der Waals surface area contributed by atoms with E-state index in [9.17, 15) is 9.59 Å². The highest BCUT2D eigenvalue weighted by molar-refractivity contribution is 9.10. The molecule has 0 saturated heterocycles. The molecule has 98 valence electrons. The van der Waals surface area contributed by atoms with E-state index in [1.807, 2.05) is 19.1 Å². The van der Waals surface area contributed by atoms with Crippen molar-refractivity contribution >= 4 is 33.6 Å². The van der Waals surface area contributed by atoms with Gasteiger partial charge in [0.1, 0.15) is 0 Å². The number of amides is 3. The zero-order valence-electron chi connectivity index (χ0n) is 10.1. The summed E-state index contributed by atoms with van der Waals surface area (Å²) < 4.78 is 0.876. The van der Waals surface area contributed by atoms with Crippen molar-refractivity contribution in [1.29, 1.82) is 0 Å². The summed E-state index contributed by atoms with van der Waals surface area (Å²) in [5.74, 6) is -0.193. The van der Waals surface area contributed by atoms with Crippen molar-refractivity contribution in [2.24, 2.45) is 0 Å². The number of benzene rings is 1. The first-order chi connectivity index (χ1) is 8.61. The second-order valence-corrected chi connectivity index (χ2v) is 4.58. The van der Waals surface area contributed by atoms with Crippen LogP contribution in [-0.4, -0.2) is 25.0 Å². The zero-order valence-corrected chi connectivity index (χ0v) is 11.7. The van der Waals surface area contributed by atoms with Crippen LogP contribution in [0.2, 0.25) is 0 Å². The van der Waals surface area contributed by atoms with Gasteiger partial charge in [-0.25, -0.2) is 4.79 Å². The molecule has 1 aromatic rings. The molecule has 18 heavy (non-hydrogen) atoms. The van der Waals surface area contributed by atoms with Crippen LogP contribution in [0.15, 0.2) is 28.7 Å². The van der Waals surface area contributed by atoms with Gasteiger partial charge in [0.2, 0.25) is 5.91 Å². The summed E-state index contributed by atoms with van der Waals surface area (Å²) in [5, 5.41) is 7.79. The molecule has 0 atom stereocenters. The number of hydrogen-bond acceptors (Lipinski definition) is 2. The van der Waals surface area contributed by atoms with Gasteiger partial charge < -0.3 is 16.0 Å². The molecule has 6 heteroatoms. The molecule has 0 aliphatic rings. The fraction of sp³-hybridized carbons (Fsp3) is 0.333. The van der Waals surface area contributed by atoms with Crippen LogP contribution in [0.5, 0.6) is 0 Å². The van der Waals surface area contributed by atoms with Gasteiger partial charge in [0.05, 0.1) is 6.54 Å². The second kappa shape index (κ2) is 7.71. The van der Waals surface area contributed by atoms with Gasteiger partial charge in [0.15, 0.2) is 0 Å². The second-order valence-electron chi connectivity index (χ2n) is 3.67. The standard InChI is InChI=1S/C12H16BrN3O2/c1-2-6-14-11(17)8-15-12(18)16-10-5-3-4-9(13)7-10/h3-5,7H,2,6,8H2,1H3,(H,14,17)(H2,15,16,18). The number of nitrogens with one attached hydrogen (secondary N) is 3. The largest absolute Gasteiger partial charge is 0.355 e. The van der Waals surface area contributed by atoms with Crippen LogP contribution in [0.25, 0.3) is 0 Å². The van der Waals surface area contributed by atoms with Crippen molar-refractivity contribution in [1.82, 2.24) is 10.6 Å². The van der Waals surface area contributed by atoms with Crippen molar-refractivity contribution in [3.05, 3.63) is 28.7 Å². The first kappa shape index (κ1) is 14.5. The number of rotatable bonds is 5. The van der Waals surface area contributed by atoms with Crippen molar-refractivity contribution in [2.45, 2.75) is 13.3 Å². The minimum Gasteiger partial charge on any atom is -0.355 e. The van der Waals surface area contributed by atoms with Crippen LogP contribution >= 0.6 is 15.9 Å². The minimum atomic E-state index is -0.403. The average Bonchev–Trinajstić information content (AvgIpc) is 2.34. The Balaban J connectivity index is 2.31. The van der Waals surface area contributed by atoms with E-state index >= 15 is 0 Å². The Labute approximate surface area is 114 Å². The molecular formula is C12H16BrN3O2. The van der Waals surface area contributed by atoms with Crippen LogP contribution in [0.1, 0.15) is 13.3 Å². The maximum absolute atomic E-state index is 11.5. The first-order valence-corrected chi connectivity index (χ1v) is 6.48. The molecule has 0 unspecified atom stereocenters. The molecule has 0 fully saturated rings. The summed E-state index contributed by atoms with van der Waals surface area (Å²) in [6, 6.07) is 6.81. The average molecular weight is 314 g/mol. The number of urea groups is 1. The van der Waals surface area contributed by atoms with Gasteiger partial charge in [0, 0.05) is 16.7 Å². The Morgan fingerprint density at radius 2 is 2.06 bits per heavy atom. The summed E-state index contributed by atoms with van der Waals surface area (Å²) in [6.45, 7) is 2.56. The summed E-state index contributed by atoms with van der Waals surface area (Å²) >= 11 is 3.31. The molecule has 0 radical (unpaired) electrons. The molecule has 0 spiro atoms. The topological polar surface area (TPSA) is 70.2 Å². The van der Waals surface area contributed by atoms with E-state index < -0.39 is 6.03 Å². The monoisotopic (exact) mass is 313 g/mol. The highest BCUT2D eigenvalue weighted by Crippen LogP contribution is 2.15. The van der Waals surface area contributed by atoms with Crippen molar-refractivity contribution in [3.8, 4) is 0 Å². The molecule has 3 amide bonds. The van der Waals surface area contributed by atoms with Gasteiger partial charge in [-0.3, -0.25) is 4.79 Å². The lowest BCUT2D eigenvalue weighted by Gasteiger charge is -2.08. The van der Waals surface area contributed by atoms with Gasteiger partial charge in [-0.1, -0.05) is 28.9 Å². The predicted molar refractivity (Wildman–Crippen MR) is 74.5 cm³/mol. The molecule has 0 aliphatic heterocycles. The van der Waals surface area contributed by atoms with Gasteiger partial charge in [-0.2, -0.15) is 0 Å². The number of anilines is 1. The number of carbonyl (C=O) groups excluding carboxylic acids is 2. The van der Waals surface area contributed by atoms with E-state index in [2.05, 4.69) is 31.9 Å². The highest BCUT2D eigenvalue weighted by Gasteiger charge is 2.04. The van der Waals surface area contributed by atoms with Gasteiger partial charge in [0.25, 0.3) is 0 Å². The molecule has 0 aromatic heterocycles. The quantitative estimate of drug-likeness (QED) is 0.779. The molecule has 1 aromatic carbocycles. The van der Waals surface area contributed by atoms with E-state index in [1.165, 1.54) is 0 Å². The number of hydrogen-bond donors (Lipinski definition) is 3. The fourth-order valence-electron chi connectivity index (χ4n) is 1.23. The normalized spacial score (nSPS) is 9.67. The number of carbonyl (C=O) groups is 2. The highest BCUT2D eigenvalue weighted by atomic mass is 79.9. The van der Waals surface area contributed by atoms with Crippen LogP contribution < -0.4 is 16.0 Å². The molecule has 0 aliphatic carbocycles. The molecule has 0 saturated carbocycles. The maximum Gasteiger partial charge on any atom is 0.319 e. The van der Waals surface area contributed by atoms with Gasteiger partial charge >= 0.3 is 6.03 Å². The molecule has 0 bridgehead atoms. The smallest absolute Gasteiger partial charge is 0.319 e. The third kappa shape index (κ3) is 5.67. The van der Waals surface area contributed by atoms with E-state index in [0.29, 0.717) is 12.2 Å². The maximum atomic E-state index is 11.5. The molecule has 1 rings (SSSR count). The van der Waals surface area contributed by atoms with Crippen molar-refractivity contribution in [3.63, 3.8) is 0 Å². The lowest BCUT2D eigenvalue weighted by molar-refractivity contribution is -0.120. The molecule has 0 heterocycles. The molecule has 3 N–H and O–H groups in total. The summed E-state index contributed by atoms with van der Waals surface area (Å²) in [5.41, 5.74) is 0.663. The third-order valence-corrected chi connectivity index (χ3v) is 2.56. The first-order valence-electron chi connectivity index (χ1n) is 5.69. The van der Waals surface area contributed by atoms with Gasteiger partial charge in [-0.15, -0.1) is 0 Å².